The van der Waals surface area contributed by atoms with Crippen LogP contribution in [0.4, 0.5) is 0 Å². The van der Waals surface area contributed by atoms with Crippen molar-refractivity contribution in [3.05, 3.63) is 100 Å². The Morgan fingerprint density at radius 2 is 1.95 bits per heavy atom. The van der Waals surface area contributed by atoms with Gasteiger partial charge < -0.3 is 15.1 Å². The summed E-state index contributed by atoms with van der Waals surface area (Å²) in [4.78, 5) is 29.5. The van der Waals surface area contributed by atoms with Crippen LogP contribution in [0.1, 0.15) is 58.3 Å². The third kappa shape index (κ3) is 5.28. The van der Waals surface area contributed by atoms with Crippen LogP contribution in [0.2, 0.25) is 0 Å². The third-order valence-electron chi connectivity index (χ3n) is 7.01. The summed E-state index contributed by atoms with van der Waals surface area (Å²) in [6.45, 7) is 4.50. The standard InChI is InChI=1S/C30H29N7O2S/c1-19-18-40-27(33-19)25-11-7-13-37(25)28(38)22-14-23(21-10-6-12-32-17-21)34-24(15-22)26-35-36-29(39-26)30(2,31)16-20-8-4-3-5-9-20/h3-6,8-10,12,14-15,17-18,25H,7,11,13,16,31H2,1-2H3/t25-,30-/m1/s1. The molecule has 0 radical (unpaired) electrons. The average molecular weight is 552 g/mol. The molecule has 2 N–H and O–H groups in total. The van der Waals surface area contributed by atoms with Crippen LogP contribution in [0.5, 0.6) is 0 Å². The van der Waals surface area contributed by atoms with Gasteiger partial charge in [0.05, 0.1) is 17.3 Å². The molecule has 1 amide bonds. The number of nitrogens with two attached hydrogens (primary N) is 1. The second kappa shape index (κ2) is 10.7. The molecule has 4 aromatic heterocycles. The minimum Gasteiger partial charge on any atom is -0.417 e. The number of thiazole rings is 1. The van der Waals surface area contributed by atoms with Crippen LogP contribution in [0.25, 0.3) is 22.8 Å². The van der Waals surface area contributed by atoms with E-state index in [1.54, 1.807) is 35.9 Å². The van der Waals surface area contributed by atoms with Gasteiger partial charge in [0.1, 0.15) is 10.7 Å². The Hall–Kier alpha value is -4.28. The molecule has 0 spiro atoms. The molecule has 202 valence electrons. The Bertz CT molecular complexity index is 1630. The number of amides is 1. The fourth-order valence-electron chi connectivity index (χ4n) is 5.04. The Balaban J connectivity index is 1.36. The summed E-state index contributed by atoms with van der Waals surface area (Å²) in [6.07, 6.45) is 5.74. The average Bonchev–Trinajstić information content (AvgIpc) is 3.74. The zero-order valence-corrected chi connectivity index (χ0v) is 23.1. The first kappa shape index (κ1) is 26.0. The number of pyridine rings is 2. The number of aryl methyl sites for hydroxylation is 1. The summed E-state index contributed by atoms with van der Waals surface area (Å²) in [5.74, 6) is 0.413. The molecule has 5 aromatic rings. The molecular formula is C30H29N7O2S. The van der Waals surface area contributed by atoms with E-state index in [4.69, 9.17) is 15.1 Å². The van der Waals surface area contributed by atoms with Crippen molar-refractivity contribution in [2.75, 3.05) is 6.54 Å². The maximum absolute atomic E-state index is 13.9. The summed E-state index contributed by atoms with van der Waals surface area (Å²) < 4.78 is 6.09. The van der Waals surface area contributed by atoms with Crippen LogP contribution in [-0.2, 0) is 12.0 Å². The van der Waals surface area contributed by atoms with E-state index >= 15 is 0 Å². The first-order chi connectivity index (χ1) is 19.4. The van der Waals surface area contributed by atoms with Gasteiger partial charge in [0.2, 0.25) is 5.89 Å². The van der Waals surface area contributed by atoms with Crippen molar-refractivity contribution in [1.29, 1.82) is 0 Å². The molecule has 0 bridgehead atoms. The number of nitrogens with zero attached hydrogens (tertiary/aromatic N) is 6. The van der Waals surface area contributed by atoms with Gasteiger partial charge in [-0.05, 0) is 62.9 Å². The second-order valence-electron chi connectivity index (χ2n) is 10.3. The highest BCUT2D eigenvalue weighted by atomic mass is 32.1. The lowest BCUT2D eigenvalue weighted by Crippen LogP contribution is -2.35. The topological polar surface area (TPSA) is 124 Å². The van der Waals surface area contributed by atoms with Crippen LogP contribution in [0.15, 0.2) is 76.8 Å². The van der Waals surface area contributed by atoms with Gasteiger partial charge in [-0.2, -0.15) is 0 Å². The molecule has 6 rings (SSSR count). The van der Waals surface area contributed by atoms with Gasteiger partial charge in [0, 0.05) is 41.1 Å². The smallest absolute Gasteiger partial charge is 0.266 e. The lowest BCUT2D eigenvalue weighted by Gasteiger charge is -2.23. The number of hydrogen-bond acceptors (Lipinski definition) is 9. The Kier molecular flexibility index (Phi) is 6.95. The van der Waals surface area contributed by atoms with Crippen LogP contribution >= 0.6 is 11.3 Å². The molecule has 40 heavy (non-hydrogen) atoms. The molecule has 1 aliphatic rings. The molecular weight excluding hydrogens is 522 g/mol. The Labute approximate surface area is 236 Å². The minimum absolute atomic E-state index is 0.0457. The van der Waals surface area contributed by atoms with E-state index in [9.17, 15) is 4.79 Å². The highest BCUT2D eigenvalue weighted by Crippen LogP contribution is 2.36. The van der Waals surface area contributed by atoms with E-state index in [2.05, 4.69) is 20.2 Å². The molecule has 0 saturated carbocycles. The molecule has 0 aliphatic carbocycles. The molecule has 2 atom stereocenters. The predicted molar refractivity (Wildman–Crippen MR) is 152 cm³/mol. The molecule has 9 nitrogen and oxygen atoms in total. The van der Waals surface area contributed by atoms with Crippen LogP contribution < -0.4 is 5.73 Å². The monoisotopic (exact) mass is 551 g/mol. The number of carbonyl (C=O) groups excluding carboxylic acids is 1. The number of carbonyl (C=O) groups is 1. The largest absolute Gasteiger partial charge is 0.417 e. The lowest BCUT2D eigenvalue weighted by molar-refractivity contribution is 0.0735. The maximum Gasteiger partial charge on any atom is 0.266 e. The summed E-state index contributed by atoms with van der Waals surface area (Å²) in [5.41, 5.74) is 10.0. The van der Waals surface area contributed by atoms with Crippen molar-refractivity contribution in [3.8, 4) is 22.8 Å². The summed E-state index contributed by atoms with van der Waals surface area (Å²) >= 11 is 1.60. The summed E-state index contributed by atoms with van der Waals surface area (Å²) in [6, 6.07) is 17.1. The fraction of sp³-hybridized carbons (Fsp3) is 0.267. The highest BCUT2D eigenvalue weighted by molar-refractivity contribution is 7.09. The van der Waals surface area contributed by atoms with E-state index in [0.29, 0.717) is 35.8 Å². The van der Waals surface area contributed by atoms with Gasteiger partial charge in [-0.3, -0.25) is 9.78 Å². The van der Waals surface area contributed by atoms with Gasteiger partial charge in [0.25, 0.3) is 11.8 Å². The van der Waals surface area contributed by atoms with Crippen LogP contribution in [-0.4, -0.2) is 42.5 Å². The number of aromatic nitrogens is 5. The molecule has 1 aromatic carbocycles. The molecule has 5 heterocycles. The summed E-state index contributed by atoms with van der Waals surface area (Å²) in [7, 11) is 0. The first-order valence-electron chi connectivity index (χ1n) is 13.2. The van der Waals surface area contributed by atoms with E-state index in [1.165, 1.54) is 0 Å². The molecule has 0 unspecified atom stereocenters. The van der Waals surface area contributed by atoms with E-state index < -0.39 is 5.54 Å². The second-order valence-corrected chi connectivity index (χ2v) is 11.2. The number of likely N-dealkylation sites (tertiary alicyclic amines) is 1. The van der Waals surface area contributed by atoms with Crippen molar-refractivity contribution in [2.45, 2.75) is 44.7 Å². The van der Waals surface area contributed by atoms with Gasteiger partial charge in [0.15, 0.2) is 0 Å². The normalized spacial score (nSPS) is 16.7. The number of rotatable bonds is 7. The summed E-state index contributed by atoms with van der Waals surface area (Å²) in [5, 5.41) is 11.5. The molecule has 1 fully saturated rings. The van der Waals surface area contributed by atoms with Crippen molar-refractivity contribution in [1.82, 2.24) is 30.0 Å². The van der Waals surface area contributed by atoms with Gasteiger partial charge in [-0.25, -0.2) is 9.97 Å². The molecule has 1 saturated heterocycles. The third-order valence-corrected chi connectivity index (χ3v) is 8.08. The van der Waals surface area contributed by atoms with Gasteiger partial charge >= 0.3 is 0 Å². The number of benzene rings is 1. The fourth-order valence-corrected chi connectivity index (χ4v) is 5.98. The van der Waals surface area contributed by atoms with E-state index in [-0.39, 0.29) is 17.8 Å². The van der Waals surface area contributed by atoms with Crippen LogP contribution in [0.3, 0.4) is 0 Å². The Morgan fingerprint density at radius 3 is 2.70 bits per heavy atom. The van der Waals surface area contributed by atoms with Crippen molar-refractivity contribution in [3.63, 3.8) is 0 Å². The Morgan fingerprint density at radius 1 is 1.12 bits per heavy atom. The zero-order chi connectivity index (χ0) is 27.7. The van der Waals surface area contributed by atoms with E-state index in [0.717, 1.165) is 34.7 Å². The van der Waals surface area contributed by atoms with Gasteiger partial charge in [-0.15, -0.1) is 21.5 Å². The first-order valence-corrected chi connectivity index (χ1v) is 14.1. The zero-order valence-electron chi connectivity index (χ0n) is 22.3. The van der Waals surface area contributed by atoms with Crippen LogP contribution in [0, 0.1) is 6.92 Å². The van der Waals surface area contributed by atoms with Crippen molar-refractivity contribution in [2.24, 2.45) is 5.73 Å². The predicted octanol–water partition coefficient (Wildman–Crippen LogP) is 5.35. The minimum atomic E-state index is -0.888. The van der Waals surface area contributed by atoms with Crippen molar-refractivity contribution < 1.29 is 9.21 Å². The molecule has 1 aliphatic heterocycles. The SMILES string of the molecule is Cc1csc([C@H]2CCCN2C(=O)c2cc(-c3cccnc3)nc(-c3nnc([C@](C)(N)Cc4ccccc4)o3)c2)n1. The van der Waals surface area contributed by atoms with Gasteiger partial charge in [-0.1, -0.05) is 30.3 Å². The lowest BCUT2D eigenvalue weighted by atomic mass is 9.94. The quantitative estimate of drug-likeness (QED) is 0.287. The molecule has 10 heteroatoms. The highest BCUT2D eigenvalue weighted by Gasteiger charge is 2.34. The number of hydrogen-bond donors (Lipinski definition) is 1. The van der Waals surface area contributed by atoms with Crippen molar-refractivity contribution >= 4 is 17.2 Å². The van der Waals surface area contributed by atoms with E-state index in [1.807, 2.05) is 66.6 Å². The maximum atomic E-state index is 13.9.